The van der Waals surface area contributed by atoms with E-state index in [1.54, 1.807) is 12.1 Å². The van der Waals surface area contributed by atoms with Crippen molar-refractivity contribution in [3.8, 4) is 0 Å². The van der Waals surface area contributed by atoms with Crippen LogP contribution in [0.5, 0.6) is 0 Å². The molecule has 1 radical (unpaired) electrons. The molecule has 2 aromatic carbocycles. The Balaban J connectivity index is 1.94. The summed E-state index contributed by atoms with van der Waals surface area (Å²) in [6.07, 6.45) is 0. The van der Waals surface area contributed by atoms with E-state index in [-0.39, 0.29) is 5.91 Å². The molecule has 0 aliphatic carbocycles. The summed E-state index contributed by atoms with van der Waals surface area (Å²) in [4.78, 5) is 11.8. The van der Waals surface area contributed by atoms with Crippen LogP contribution >= 0.6 is 0 Å². The van der Waals surface area contributed by atoms with Crippen molar-refractivity contribution in [1.82, 2.24) is 5.32 Å². The van der Waals surface area contributed by atoms with E-state index in [4.69, 9.17) is 0 Å². The predicted octanol–water partition coefficient (Wildman–Crippen LogP) is 1.97. The fraction of sp³-hybridized carbons (Fsp3) is 0. The number of rotatable bonds is 3. The van der Waals surface area contributed by atoms with Gasteiger partial charge in [-0.1, -0.05) is 0 Å². The van der Waals surface area contributed by atoms with Crippen LogP contribution in [0.15, 0.2) is 65.8 Å². The fourth-order valence-electron chi connectivity index (χ4n) is 1.41. The van der Waals surface area contributed by atoms with Crippen molar-refractivity contribution in [1.29, 1.82) is 0 Å². The summed E-state index contributed by atoms with van der Waals surface area (Å²) >= 11 is 2.70. The molecule has 2 aromatic rings. The first-order valence-corrected chi connectivity index (χ1v) is 6.53. The van der Waals surface area contributed by atoms with Crippen molar-refractivity contribution in [3.05, 3.63) is 66.2 Å². The minimum absolute atomic E-state index is 0.201. The van der Waals surface area contributed by atoms with Crippen LogP contribution in [-0.2, 0) is 0 Å². The quantitative estimate of drug-likeness (QED) is 0.394. The van der Waals surface area contributed by atoms with Gasteiger partial charge in [0.1, 0.15) is 0 Å². The van der Waals surface area contributed by atoms with Crippen LogP contribution in [0.25, 0.3) is 0 Å². The molecule has 1 amide bonds. The molecule has 0 saturated heterocycles. The molecule has 0 aliphatic heterocycles. The van der Waals surface area contributed by atoms with E-state index in [1.165, 1.54) is 0 Å². The summed E-state index contributed by atoms with van der Waals surface area (Å²) in [6, 6.07) is 18.5. The summed E-state index contributed by atoms with van der Waals surface area (Å²) in [5.74, 6) is -0.201. The van der Waals surface area contributed by atoms with E-state index < -0.39 is 0 Å². The zero-order valence-electron chi connectivity index (χ0n) is 10.0. The van der Waals surface area contributed by atoms with E-state index in [0.29, 0.717) is 10.3 Å². The van der Waals surface area contributed by atoms with E-state index in [9.17, 15) is 4.79 Å². The van der Waals surface area contributed by atoms with Gasteiger partial charge in [-0.25, -0.2) is 0 Å². The molecule has 0 heterocycles. The van der Waals surface area contributed by atoms with Gasteiger partial charge in [0, 0.05) is 0 Å². The third kappa shape index (κ3) is 4.25. The van der Waals surface area contributed by atoms with Gasteiger partial charge in [0.05, 0.1) is 0 Å². The number of nitrogens with zero attached hydrogens (tertiary/aromatic N) is 1. The number of anilines is 1. The topological polar surface area (TPSA) is 53.5 Å². The first-order chi connectivity index (χ1) is 9.25. The summed E-state index contributed by atoms with van der Waals surface area (Å²) in [5, 5.41) is 6.70. The summed E-state index contributed by atoms with van der Waals surface area (Å²) in [5.41, 5.74) is 4.28. The maximum absolute atomic E-state index is 11.8. The number of amides is 1. The molecule has 95 valence electrons. The van der Waals surface area contributed by atoms with Crippen LogP contribution in [0.1, 0.15) is 10.4 Å². The van der Waals surface area contributed by atoms with E-state index >= 15 is 0 Å². The Kier molecular flexibility index (Phi) is 4.72. The number of hydrogen-bond donors (Lipinski definition) is 2. The molecule has 0 unspecified atom stereocenters. The third-order valence-electron chi connectivity index (χ3n) is 2.32. The average Bonchev–Trinajstić information content (AvgIpc) is 2.47. The number of hydrazone groups is 1. The molecule has 2 N–H and O–H groups in total. The molecule has 0 saturated carbocycles. The number of carbonyl (C=O) groups is 1. The Morgan fingerprint density at radius 3 is 2.16 bits per heavy atom. The standard InChI is InChI=1S/C14H12N3OSe/c18-13(11-7-3-1-4-8-11)15-14(19)17-16-12-9-5-2-6-10-12/h1-10,16H,(H,15,17,18). The fourth-order valence-corrected chi connectivity index (χ4v) is 1.71. The van der Waals surface area contributed by atoms with E-state index in [2.05, 4.69) is 31.9 Å². The van der Waals surface area contributed by atoms with Crippen molar-refractivity contribution in [2.45, 2.75) is 0 Å². The van der Waals surface area contributed by atoms with Gasteiger partial charge in [-0.3, -0.25) is 0 Å². The van der Waals surface area contributed by atoms with Crippen LogP contribution in [0.2, 0.25) is 0 Å². The van der Waals surface area contributed by atoms with Crippen LogP contribution in [0, 0.1) is 0 Å². The van der Waals surface area contributed by atoms with Crippen molar-refractivity contribution in [2.24, 2.45) is 5.10 Å². The molecule has 0 fully saturated rings. The first kappa shape index (κ1) is 13.3. The van der Waals surface area contributed by atoms with Crippen molar-refractivity contribution >= 4 is 32.3 Å². The van der Waals surface area contributed by atoms with E-state index in [0.717, 1.165) is 5.69 Å². The number of amidine groups is 1. The van der Waals surface area contributed by atoms with Gasteiger partial charge < -0.3 is 0 Å². The number of nitrogens with one attached hydrogen (secondary N) is 2. The molecule has 19 heavy (non-hydrogen) atoms. The first-order valence-electron chi connectivity index (χ1n) is 5.68. The molecule has 0 bridgehead atoms. The predicted molar refractivity (Wildman–Crippen MR) is 77.2 cm³/mol. The number of hydrogen-bond acceptors (Lipinski definition) is 3. The molecule has 5 heteroatoms. The summed E-state index contributed by atoms with van der Waals surface area (Å²) in [7, 11) is 0. The van der Waals surface area contributed by atoms with Crippen LogP contribution in [0.3, 0.4) is 0 Å². The van der Waals surface area contributed by atoms with Crippen LogP contribution in [0.4, 0.5) is 5.69 Å². The Morgan fingerprint density at radius 2 is 1.53 bits per heavy atom. The molecule has 0 spiro atoms. The zero-order chi connectivity index (χ0) is 13.5. The molecular formula is C14H12N3OSe. The van der Waals surface area contributed by atoms with Gasteiger partial charge in [0.15, 0.2) is 0 Å². The van der Waals surface area contributed by atoms with Crippen LogP contribution in [-0.4, -0.2) is 26.7 Å². The summed E-state index contributed by atoms with van der Waals surface area (Å²) < 4.78 is 0.387. The average molecular weight is 317 g/mol. The molecule has 0 aliphatic rings. The van der Waals surface area contributed by atoms with Crippen molar-refractivity contribution < 1.29 is 4.79 Å². The zero-order valence-corrected chi connectivity index (χ0v) is 11.8. The van der Waals surface area contributed by atoms with Crippen molar-refractivity contribution in [2.75, 3.05) is 5.43 Å². The Hall–Kier alpha value is -2.10. The van der Waals surface area contributed by atoms with Gasteiger partial charge in [-0.2, -0.15) is 0 Å². The minimum atomic E-state index is -0.201. The van der Waals surface area contributed by atoms with Gasteiger partial charge in [0.25, 0.3) is 0 Å². The SMILES string of the molecule is O=C(N/C([Se])=N/Nc1ccccc1)c1ccccc1. The molecule has 4 nitrogen and oxygen atoms in total. The second kappa shape index (κ2) is 6.73. The third-order valence-corrected chi connectivity index (χ3v) is 2.72. The Labute approximate surface area is 119 Å². The molecule has 2 rings (SSSR count). The Morgan fingerprint density at radius 1 is 0.947 bits per heavy atom. The molecular weight excluding hydrogens is 305 g/mol. The second-order valence-electron chi connectivity index (χ2n) is 3.71. The normalized spacial score (nSPS) is 10.8. The molecule has 0 atom stereocenters. The number of para-hydroxylation sites is 1. The van der Waals surface area contributed by atoms with Crippen LogP contribution < -0.4 is 10.7 Å². The van der Waals surface area contributed by atoms with Crippen molar-refractivity contribution in [3.63, 3.8) is 0 Å². The molecule has 0 aromatic heterocycles. The number of benzene rings is 2. The van der Waals surface area contributed by atoms with Gasteiger partial charge >= 0.3 is 119 Å². The van der Waals surface area contributed by atoms with Gasteiger partial charge in [-0.15, -0.1) is 0 Å². The monoisotopic (exact) mass is 318 g/mol. The van der Waals surface area contributed by atoms with Gasteiger partial charge in [-0.05, 0) is 0 Å². The summed E-state index contributed by atoms with van der Waals surface area (Å²) in [6.45, 7) is 0. The second-order valence-corrected chi connectivity index (χ2v) is 4.53. The number of carbonyl (C=O) groups excluding carboxylic acids is 1. The van der Waals surface area contributed by atoms with Gasteiger partial charge in [0.2, 0.25) is 0 Å². The maximum atomic E-state index is 11.8. The van der Waals surface area contributed by atoms with E-state index in [1.807, 2.05) is 48.5 Å². The Bertz CT molecular complexity index is 570.